The number of amides is 2. The zero-order chi connectivity index (χ0) is 17.5. The molecule has 0 spiro atoms. The number of nitrogens with one attached hydrogen (secondary N) is 2. The summed E-state index contributed by atoms with van der Waals surface area (Å²) in [4.78, 5) is 23.6. The fourth-order valence-electron chi connectivity index (χ4n) is 1.73. The van der Waals surface area contributed by atoms with Crippen LogP contribution in [0.3, 0.4) is 0 Å². The van der Waals surface area contributed by atoms with Crippen LogP contribution in [0.1, 0.15) is 15.9 Å². The van der Waals surface area contributed by atoms with Crippen LogP contribution in [0.15, 0.2) is 56.5 Å². The lowest BCUT2D eigenvalue weighted by Gasteiger charge is -2.04. The molecule has 0 aliphatic carbocycles. The lowest BCUT2D eigenvalue weighted by Crippen LogP contribution is -2.34. The minimum absolute atomic E-state index is 0.0409. The standard InChI is InChI=1S/C16H13Br2N3O3/c17-12-3-1-2-10(6-12)16(24)19-9-15(23)21-20-8-11-7-13(18)4-5-14(11)22/h1-8,22H,9H2,(H,19,24)(H,21,23)/b20-8-. The fraction of sp³-hybridized carbons (Fsp3) is 0.0625. The van der Waals surface area contributed by atoms with Gasteiger partial charge in [-0.25, -0.2) is 5.43 Å². The molecule has 2 rings (SSSR count). The van der Waals surface area contributed by atoms with Gasteiger partial charge in [0.25, 0.3) is 11.8 Å². The van der Waals surface area contributed by atoms with Gasteiger partial charge in [0.2, 0.25) is 0 Å². The van der Waals surface area contributed by atoms with Crippen LogP contribution in [0.4, 0.5) is 0 Å². The molecule has 24 heavy (non-hydrogen) atoms. The molecule has 2 aromatic rings. The number of carbonyl (C=O) groups is 2. The van der Waals surface area contributed by atoms with Crippen molar-refractivity contribution in [3.63, 3.8) is 0 Å². The van der Waals surface area contributed by atoms with E-state index in [9.17, 15) is 14.7 Å². The highest BCUT2D eigenvalue weighted by Crippen LogP contribution is 2.19. The maximum Gasteiger partial charge on any atom is 0.259 e. The first-order chi connectivity index (χ1) is 11.5. The first-order valence-corrected chi connectivity index (χ1v) is 8.38. The number of hydrazone groups is 1. The Morgan fingerprint density at radius 2 is 1.88 bits per heavy atom. The summed E-state index contributed by atoms with van der Waals surface area (Å²) in [5.74, 6) is -0.802. The van der Waals surface area contributed by atoms with E-state index in [1.165, 1.54) is 12.3 Å². The molecule has 2 amide bonds. The zero-order valence-electron chi connectivity index (χ0n) is 12.3. The van der Waals surface area contributed by atoms with Crippen LogP contribution in [0.2, 0.25) is 0 Å². The highest BCUT2D eigenvalue weighted by atomic mass is 79.9. The molecule has 2 aromatic carbocycles. The monoisotopic (exact) mass is 453 g/mol. The number of hydrogen-bond acceptors (Lipinski definition) is 4. The van der Waals surface area contributed by atoms with Crippen molar-refractivity contribution in [3.8, 4) is 5.75 Å². The fourth-order valence-corrected chi connectivity index (χ4v) is 2.51. The van der Waals surface area contributed by atoms with E-state index in [2.05, 4.69) is 47.7 Å². The third kappa shape index (κ3) is 5.47. The molecule has 0 saturated heterocycles. The van der Waals surface area contributed by atoms with Crippen LogP contribution >= 0.6 is 31.9 Å². The summed E-state index contributed by atoms with van der Waals surface area (Å²) >= 11 is 6.55. The van der Waals surface area contributed by atoms with Crippen LogP contribution in [0.5, 0.6) is 5.75 Å². The molecule has 3 N–H and O–H groups in total. The van der Waals surface area contributed by atoms with E-state index in [1.54, 1.807) is 36.4 Å². The van der Waals surface area contributed by atoms with E-state index in [1.807, 2.05) is 0 Å². The summed E-state index contributed by atoms with van der Waals surface area (Å²) in [5.41, 5.74) is 3.17. The van der Waals surface area contributed by atoms with Gasteiger partial charge in [0.15, 0.2) is 0 Å². The van der Waals surface area contributed by atoms with Crippen LogP contribution in [0, 0.1) is 0 Å². The molecule has 0 aromatic heterocycles. The molecule has 0 saturated carbocycles. The van der Waals surface area contributed by atoms with Gasteiger partial charge in [0.05, 0.1) is 12.8 Å². The van der Waals surface area contributed by atoms with Crippen molar-refractivity contribution in [2.75, 3.05) is 6.54 Å². The molecule has 0 bridgehead atoms. The number of aromatic hydroxyl groups is 1. The van der Waals surface area contributed by atoms with E-state index in [4.69, 9.17) is 0 Å². The average Bonchev–Trinajstić information content (AvgIpc) is 2.56. The summed E-state index contributed by atoms with van der Waals surface area (Å²) in [6.45, 7) is -0.215. The molecule has 8 heteroatoms. The Morgan fingerprint density at radius 1 is 1.12 bits per heavy atom. The summed E-state index contributed by atoms with van der Waals surface area (Å²) in [6, 6.07) is 11.7. The van der Waals surface area contributed by atoms with Crippen LogP contribution < -0.4 is 10.7 Å². The molecular weight excluding hydrogens is 442 g/mol. The summed E-state index contributed by atoms with van der Waals surface area (Å²) in [7, 11) is 0. The second-order valence-corrected chi connectivity index (χ2v) is 6.52. The quantitative estimate of drug-likeness (QED) is 0.479. The molecule has 0 unspecified atom stereocenters. The van der Waals surface area contributed by atoms with Crippen molar-refractivity contribution in [1.82, 2.24) is 10.7 Å². The molecule has 6 nitrogen and oxygen atoms in total. The predicted octanol–water partition coefficient (Wildman–Crippen LogP) is 2.80. The molecule has 0 atom stereocenters. The zero-order valence-corrected chi connectivity index (χ0v) is 15.5. The molecule has 0 aliphatic rings. The Bertz CT molecular complexity index is 794. The maximum absolute atomic E-state index is 11.9. The molecule has 0 fully saturated rings. The van der Waals surface area contributed by atoms with E-state index in [0.717, 1.165) is 8.95 Å². The Morgan fingerprint density at radius 3 is 2.62 bits per heavy atom. The van der Waals surface area contributed by atoms with Gasteiger partial charge in [-0.1, -0.05) is 37.9 Å². The largest absolute Gasteiger partial charge is 0.507 e. The van der Waals surface area contributed by atoms with Gasteiger partial charge in [-0.05, 0) is 36.4 Å². The third-order valence-electron chi connectivity index (χ3n) is 2.88. The Labute approximate surface area is 155 Å². The smallest absolute Gasteiger partial charge is 0.259 e. The summed E-state index contributed by atoms with van der Waals surface area (Å²) in [5, 5.41) is 15.9. The van der Waals surface area contributed by atoms with Gasteiger partial charge in [-0.3, -0.25) is 9.59 Å². The van der Waals surface area contributed by atoms with E-state index >= 15 is 0 Å². The van der Waals surface area contributed by atoms with Crippen molar-refractivity contribution >= 4 is 49.9 Å². The minimum Gasteiger partial charge on any atom is -0.507 e. The van der Waals surface area contributed by atoms with Crippen molar-refractivity contribution in [1.29, 1.82) is 0 Å². The minimum atomic E-state index is -0.482. The van der Waals surface area contributed by atoms with Crippen LogP contribution in [-0.4, -0.2) is 29.7 Å². The van der Waals surface area contributed by atoms with Crippen LogP contribution in [-0.2, 0) is 4.79 Å². The summed E-state index contributed by atoms with van der Waals surface area (Å²) < 4.78 is 1.55. The first-order valence-electron chi connectivity index (χ1n) is 6.80. The van der Waals surface area contributed by atoms with Gasteiger partial charge in [-0.15, -0.1) is 0 Å². The van der Waals surface area contributed by atoms with Crippen molar-refractivity contribution in [2.45, 2.75) is 0 Å². The molecule has 124 valence electrons. The SMILES string of the molecule is O=C(CNC(=O)c1cccc(Br)c1)N/N=C\c1cc(Br)ccc1O. The lowest BCUT2D eigenvalue weighted by molar-refractivity contribution is -0.120. The number of carbonyl (C=O) groups excluding carboxylic acids is 2. The second kappa shape index (κ2) is 8.60. The lowest BCUT2D eigenvalue weighted by atomic mass is 10.2. The topological polar surface area (TPSA) is 90.8 Å². The molecule has 0 radical (unpaired) electrons. The molecule has 0 heterocycles. The number of nitrogens with zero attached hydrogens (tertiary/aromatic N) is 1. The number of halogens is 2. The van der Waals surface area contributed by atoms with Gasteiger partial charge in [0, 0.05) is 20.1 Å². The summed E-state index contributed by atoms with van der Waals surface area (Å²) in [6.07, 6.45) is 1.31. The number of benzene rings is 2. The second-order valence-electron chi connectivity index (χ2n) is 4.69. The highest BCUT2D eigenvalue weighted by Gasteiger charge is 2.07. The first kappa shape index (κ1) is 18.2. The van der Waals surface area contributed by atoms with Crippen molar-refractivity contribution in [2.24, 2.45) is 5.10 Å². The van der Waals surface area contributed by atoms with E-state index in [-0.39, 0.29) is 18.2 Å². The van der Waals surface area contributed by atoms with Crippen LogP contribution in [0.25, 0.3) is 0 Å². The van der Waals surface area contributed by atoms with Gasteiger partial charge < -0.3 is 10.4 Å². The van der Waals surface area contributed by atoms with E-state index in [0.29, 0.717) is 11.1 Å². The number of phenols is 1. The normalized spacial score (nSPS) is 10.6. The molecular formula is C16H13Br2N3O3. The van der Waals surface area contributed by atoms with Gasteiger partial charge >= 0.3 is 0 Å². The number of rotatable bonds is 5. The molecule has 0 aliphatic heterocycles. The number of hydrogen-bond donors (Lipinski definition) is 3. The maximum atomic E-state index is 11.9. The highest BCUT2D eigenvalue weighted by molar-refractivity contribution is 9.10. The van der Waals surface area contributed by atoms with E-state index < -0.39 is 5.91 Å². The average molecular weight is 455 g/mol. The Kier molecular flexibility index (Phi) is 6.51. The Hall–Kier alpha value is -2.19. The number of phenolic OH excluding ortho intramolecular Hbond substituents is 1. The van der Waals surface area contributed by atoms with Gasteiger partial charge in [0.1, 0.15) is 5.75 Å². The van der Waals surface area contributed by atoms with Crippen molar-refractivity contribution in [3.05, 3.63) is 62.5 Å². The van der Waals surface area contributed by atoms with Crippen molar-refractivity contribution < 1.29 is 14.7 Å². The Balaban J connectivity index is 1.84. The third-order valence-corrected chi connectivity index (χ3v) is 3.87. The predicted molar refractivity (Wildman–Crippen MR) is 98.0 cm³/mol. The van der Waals surface area contributed by atoms with Gasteiger partial charge in [-0.2, -0.15) is 5.10 Å².